The van der Waals surface area contributed by atoms with Crippen LogP contribution in [-0.2, 0) is 0 Å². The van der Waals surface area contributed by atoms with Crippen molar-refractivity contribution < 1.29 is 4.79 Å². The minimum absolute atomic E-state index is 0.136. The van der Waals surface area contributed by atoms with Gasteiger partial charge in [0.15, 0.2) is 0 Å². The summed E-state index contributed by atoms with van der Waals surface area (Å²) in [5.41, 5.74) is 0.423. The molecule has 0 fully saturated rings. The molecule has 0 saturated carbocycles. The molecule has 0 saturated heterocycles. The summed E-state index contributed by atoms with van der Waals surface area (Å²) in [5, 5.41) is 6.17. The van der Waals surface area contributed by atoms with Crippen LogP contribution in [0.1, 0.15) is 56.8 Å². The van der Waals surface area contributed by atoms with Gasteiger partial charge in [0.1, 0.15) is 17.3 Å². The number of hydrogen-bond acceptors (Lipinski definition) is 4. The first-order chi connectivity index (χ1) is 9.42. The van der Waals surface area contributed by atoms with Crippen molar-refractivity contribution in [2.75, 3.05) is 11.9 Å². The molecular weight excluding hydrogens is 252 g/mol. The van der Waals surface area contributed by atoms with Crippen molar-refractivity contribution in [3.8, 4) is 0 Å². The Labute approximate surface area is 121 Å². The van der Waals surface area contributed by atoms with Gasteiger partial charge in [0, 0.05) is 18.7 Å². The molecule has 5 nitrogen and oxygen atoms in total. The lowest BCUT2D eigenvalue weighted by molar-refractivity contribution is 0.0946. The Morgan fingerprint density at radius 1 is 1.30 bits per heavy atom. The van der Waals surface area contributed by atoms with Crippen LogP contribution in [0.5, 0.6) is 0 Å². The Morgan fingerprint density at radius 2 is 2.00 bits per heavy atom. The first kappa shape index (κ1) is 16.4. The van der Waals surface area contributed by atoms with Crippen LogP contribution in [0.25, 0.3) is 0 Å². The first-order valence-electron chi connectivity index (χ1n) is 7.32. The Morgan fingerprint density at radius 3 is 2.60 bits per heavy atom. The number of amides is 1. The predicted molar refractivity (Wildman–Crippen MR) is 81.9 cm³/mol. The van der Waals surface area contributed by atoms with Gasteiger partial charge in [-0.1, -0.05) is 20.8 Å². The zero-order chi connectivity index (χ0) is 15.1. The summed E-state index contributed by atoms with van der Waals surface area (Å²) in [7, 11) is 0. The van der Waals surface area contributed by atoms with Crippen molar-refractivity contribution in [1.29, 1.82) is 0 Å². The van der Waals surface area contributed by atoms with Crippen LogP contribution >= 0.6 is 0 Å². The Hall–Kier alpha value is -1.65. The van der Waals surface area contributed by atoms with E-state index in [0.29, 0.717) is 35.8 Å². The number of carbonyl (C=O) groups is 1. The first-order valence-corrected chi connectivity index (χ1v) is 7.32. The van der Waals surface area contributed by atoms with Crippen molar-refractivity contribution >= 4 is 11.7 Å². The van der Waals surface area contributed by atoms with Gasteiger partial charge in [-0.3, -0.25) is 4.79 Å². The van der Waals surface area contributed by atoms with E-state index in [4.69, 9.17) is 0 Å². The van der Waals surface area contributed by atoms with E-state index in [1.54, 1.807) is 13.0 Å². The average Bonchev–Trinajstić information content (AvgIpc) is 2.37. The monoisotopic (exact) mass is 278 g/mol. The lowest BCUT2D eigenvalue weighted by atomic mass is 10.1. The van der Waals surface area contributed by atoms with Gasteiger partial charge in [0.25, 0.3) is 5.91 Å². The number of hydrogen-bond donors (Lipinski definition) is 2. The number of aryl methyl sites for hydroxylation is 1. The molecule has 1 heterocycles. The molecule has 0 radical (unpaired) electrons. The Bertz CT molecular complexity index is 445. The second kappa shape index (κ2) is 7.82. The number of rotatable bonds is 7. The van der Waals surface area contributed by atoms with E-state index in [0.717, 1.165) is 12.8 Å². The maximum atomic E-state index is 12.1. The number of anilines is 1. The molecule has 1 aromatic heterocycles. The van der Waals surface area contributed by atoms with Gasteiger partial charge in [0.2, 0.25) is 0 Å². The van der Waals surface area contributed by atoms with Crippen LogP contribution in [-0.4, -0.2) is 28.5 Å². The highest BCUT2D eigenvalue weighted by Crippen LogP contribution is 2.09. The van der Waals surface area contributed by atoms with E-state index in [1.807, 2.05) is 0 Å². The molecule has 0 aliphatic rings. The number of carbonyl (C=O) groups excluding carboxylic acids is 1. The topological polar surface area (TPSA) is 66.9 Å². The molecule has 0 bridgehead atoms. The third-order valence-corrected chi connectivity index (χ3v) is 3.08. The summed E-state index contributed by atoms with van der Waals surface area (Å²) in [5.74, 6) is 1.75. The normalized spacial score (nSPS) is 12.3. The molecule has 1 amide bonds. The minimum Gasteiger partial charge on any atom is -0.368 e. The second-order valence-electron chi connectivity index (χ2n) is 5.58. The molecule has 2 N–H and O–H groups in total. The molecule has 0 aliphatic heterocycles. The van der Waals surface area contributed by atoms with Gasteiger partial charge in [-0.25, -0.2) is 9.97 Å². The number of nitrogens with zero attached hydrogens (tertiary/aromatic N) is 2. The van der Waals surface area contributed by atoms with Crippen LogP contribution in [0.15, 0.2) is 6.07 Å². The van der Waals surface area contributed by atoms with E-state index < -0.39 is 0 Å². The van der Waals surface area contributed by atoms with Crippen LogP contribution in [0, 0.1) is 12.8 Å². The molecule has 1 rings (SSSR count). The third-order valence-electron chi connectivity index (χ3n) is 3.08. The fraction of sp³-hybridized carbons (Fsp3) is 0.667. The predicted octanol–water partition coefficient (Wildman–Crippen LogP) is 2.77. The van der Waals surface area contributed by atoms with E-state index in [2.05, 4.69) is 48.3 Å². The summed E-state index contributed by atoms with van der Waals surface area (Å²) in [6.07, 6.45) is 1.97. The van der Waals surface area contributed by atoms with Crippen LogP contribution in [0.4, 0.5) is 5.82 Å². The molecule has 1 unspecified atom stereocenters. The smallest absolute Gasteiger partial charge is 0.270 e. The Kier molecular flexibility index (Phi) is 6.42. The fourth-order valence-corrected chi connectivity index (χ4v) is 1.68. The molecule has 0 spiro atoms. The van der Waals surface area contributed by atoms with Crippen LogP contribution in [0.2, 0.25) is 0 Å². The highest BCUT2D eigenvalue weighted by atomic mass is 16.1. The zero-order valence-corrected chi connectivity index (χ0v) is 13.2. The van der Waals surface area contributed by atoms with Gasteiger partial charge in [-0.15, -0.1) is 0 Å². The highest BCUT2D eigenvalue weighted by Gasteiger charge is 2.11. The molecule has 20 heavy (non-hydrogen) atoms. The van der Waals surface area contributed by atoms with Crippen molar-refractivity contribution in [1.82, 2.24) is 15.3 Å². The quantitative estimate of drug-likeness (QED) is 0.805. The van der Waals surface area contributed by atoms with Gasteiger partial charge in [0.05, 0.1) is 0 Å². The van der Waals surface area contributed by atoms with Crippen molar-refractivity contribution in [3.05, 3.63) is 17.6 Å². The maximum Gasteiger partial charge on any atom is 0.270 e. The van der Waals surface area contributed by atoms with Gasteiger partial charge in [-0.05, 0) is 32.6 Å². The van der Waals surface area contributed by atoms with Crippen molar-refractivity contribution in [2.24, 2.45) is 5.92 Å². The molecular formula is C15H26N4O. The third kappa shape index (κ3) is 5.55. The molecule has 1 aromatic rings. The lowest BCUT2D eigenvalue weighted by Gasteiger charge is -2.13. The maximum absolute atomic E-state index is 12.1. The summed E-state index contributed by atoms with van der Waals surface area (Å²) in [6.45, 7) is 10.9. The van der Waals surface area contributed by atoms with Gasteiger partial charge in [-0.2, -0.15) is 0 Å². The summed E-state index contributed by atoms with van der Waals surface area (Å²) in [4.78, 5) is 20.6. The number of nitrogens with one attached hydrogen (secondary N) is 2. The van der Waals surface area contributed by atoms with Crippen LogP contribution < -0.4 is 10.6 Å². The van der Waals surface area contributed by atoms with Gasteiger partial charge >= 0.3 is 0 Å². The molecule has 112 valence electrons. The SMILES string of the molecule is CCC(C)Nc1cc(C(=O)NCCC(C)C)nc(C)n1. The summed E-state index contributed by atoms with van der Waals surface area (Å²) >= 11 is 0. The Balaban J connectivity index is 2.71. The fourth-order valence-electron chi connectivity index (χ4n) is 1.68. The molecule has 0 aromatic carbocycles. The largest absolute Gasteiger partial charge is 0.368 e. The highest BCUT2D eigenvalue weighted by molar-refractivity contribution is 5.92. The van der Waals surface area contributed by atoms with E-state index in [1.165, 1.54) is 0 Å². The van der Waals surface area contributed by atoms with E-state index in [-0.39, 0.29) is 5.91 Å². The molecule has 1 atom stereocenters. The van der Waals surface area contributed by atoms with E-state index >= 15 is 0 Å². The summed E-state index contributed by atoms with van der Waals surface area (Å²) < 4.78 is 0. The minimum atomic E-state index is -0.136. The molecule has 5 heteroatoms. The summed E-state index contributed by atoms with van der Waals surface area (Å²) in [6, 6.07) is 2.03. The van der Waals surface area contributed by atoms with Crippen molar-refractivity contribution in [3.63, 3.8) is 0 Å². The lowest BCUT2D eigenvalue weighted by Crippen LogP contribution is -2.27. The molecule has 0 aliphatic carbocycles. The second-order valence-corrected chi connectivity index (χ2v) is 5.58. The standard InChI is InChI=1S/C15H26N4O/c1-6-11(4)17-14-9-13(18-12(5)19-14)15(20)16-8-7-10(2)3/h9-11H,6-8H2,1-5H3,(H,16,20)(H,17,18,19). The zero-order valence-electron chi connectivity index (χ0n) is 13.2. The average molecular weight is 278 g/mol. The van der Waals surface area contributed by atoms with E-state index in [9.17, 15) is 4.79 Å². The van der Waals surface area contributed by atoms with Crippen molar-refractivity contribution in [2.45, 2.75) is 53.5 Å². The van der Waals surface area contributed by atoms with Gasteiger partial charge < -0.3 is 10.6 Å². The van der Waals surface area contributed by atoms with Crippen LogP contribution in [0.3, 0.4) is 0 Å². The number of aromatic nitrogens is 2.